The number of rotatable bonds is 5. The quantitative estimate of drug-likeness (QED) is 0.618. The van der Waals surface area contributed by atoms with Crippen molar-refractivity contribution >= 4 is 17.6 Å². The van der Waals surface area contributed by atoms with Crippen molar-refractivity contribution in [2.24, 2.45) is 0 Å². The fourth-order valence-corrected chi connectivity index (χ4v) is 2.09. The highest BCUT2D eigenvalue weighted by Gasteiger charge is 2.20. The molecule has 2 unspecified atom stereocenters. The van der Waals surface area contributed by atoms with Gasteiger partial charge in [-0.2, -0.15) is 0 Å². The van der Waals surface area contributed by atoms with E-state index in [1.54, 1.807) is 31.2 Å². The normalized spacial score (nSPS) is 20.4. The zero-order valence-electron chi connectivity index (χ0n) is 11.5. The van der Waals surface area contributed by atoms with Crippen molar-refractivity contribution in [2.75, 3.05) is 13.2 Å². The molecule has 0 radical (unpaired) electrons. The van der Waals surface area contributed by atoms with Gasteiger partial charge in [0.2, 0.25) is 0 Å². The molecule has 0 aliphatic carbocycles. The summed E-state index contributed by atoms with van der Waals surface area (Å²) in [7, 11) is 0. The van der Waals surface area contributed by atoms with Gasteiger partial charge in [-0.1, -0.05) is 11.6 Å². The highest BCUT2D eigenvalue weighted by Crippen LogP contribution is 2.17. The Morgan fingerprint density at radius 2 is 2.15 bits per heavy atom. The Bertz CT molecular complexity index is 426. The summed E-state index contributed by atoms with van der Waals surface area (Å²) < 4.78 is 16.3. The predicted molar refractivity (Wildman–Crippen MR) is 76.1 cm³/mol. The lowest BCUT2D eigenvalue weighted by Crippen LogP contribution is -2.31. The minimum absolute atomic E-state index is 0.0922. The van der Waals surface area contributed by atoms with Gasteiger partial charge in [0.1, 0.15) is 5.75 Å². The van der Waals surface area contributed by atoms with E-state index in [1.807, 2.05) is 0 Å². The summed E-state index contributed by atoms with van der Waals surface area (Å²) in [6.07, 6.45) is 2.71. The van der Waals surface area contributed by atoms with Gasteiger partial charge < -0.3 is 14.2 Å². The van der Waals surface area contributed by atoms with Gasteiger partial charge in [0, 0.05) is 11.6 Å². The number of esters is 1. The third-order valence-electron chi connectivity index (χ3n) is 3.17. The van der Waals surface area contributed by atoms with Crippen molar-refractivity contribution in [3.05, 3.63) is 29.3 Å². The van der Waals surface area contributed by atoms with Gasteiger partial charge in [-0.25, -0.2) is 4.79 Å². The molecule has 1 fully saturated rings. The molecule has 0 spiro atoms. The first kappa shape index (κ1) is 15.3. The van der Waals surface area contributed by atoms with Gasteiger partial charge >= 0.3 is 5.97 Å². The van der Waals surface area contributed by atoms with E-state index in [2.05, 4.69) is 0 Å². The fourth-order valence-electron chi connectivity index (χ4n) is 1.96. The summed E-state index contributed by atoms with van der Waals surface area (Å²) in [6.45, 7) is 2.88. The second kappa shape index (κ2) is 7.62. The van der Waals surface area contributed by atoms with Crippen molar-refractivity contribution < 1.29 is 19.0 Å². The van der Waals surface area contributed by atoms with Crippen molar-refractivity contribution in [3.8, 4) is 5.75 Å². The summed E-state index contributed by atoms with van der Waals surface area (Å²) in [5.74, 6) is 0.0481. The Kier molecular flexibility index (Phi) is 5.83. The average molecular weight is 299 g/mol. The summed E-state index contributed by atoms with van der Waals surface area (Å²) >= 11 is 5.77. The lowest BCUT2D eigenvalue weighted by atomic mass is 10.1. The van der Waals surface area contributed by atoms with Gasteiger partial charge in [-0.05, 0) is 50.5 Å². The van der Waals surface area contributed by atoms with Crippen LogP contribution < -0.4 is 4.74 Å². The Morgan fingerprint density at radius 3 is 2.80 bits per heavy atom. The van der Waals surface area contributed by atoms with Crippen LogP contribution in [0.1, 0.15) is 26.2 Å². The molecule has 0 saturated carbocycles. The Balaban J connectivity index is 1.75. The van der Waals surface area contributed by atoms with Crippen LogP contribution in [0.15, 0.2) is 24.3 Å². The number of benzene rings is 1. The molecule has 0 N–H and O–H groups in total. The summed E-state index contributed by atoms with van der Waals surface area (Å²) in [5, 5.41) is 0.601. The van der Waals surface area contributed by atoms with E-state index in [1.165, 1.54) is 0 Å². The van der Waals surface area contributed by atoms with Crippen LogP contribution in [0.4, 0.5) is 0 Å². The van der Waals surface area contributed by atoms with E-state index in [4.69, 9.17) is 25.8 Å². The van der Waals surface area contributed by atoms with Crippen LogP contribution in [0.25, 0.3) is 0 Å². The van der Waals surface area contributed by atoms with Crippen LogP contribution >= 0.6 is 11.6 Å². The van der Waals surface area contributed by atoms with Crippen LogP contribution in [0, 0.1) is 0 Å². The SMILES string of the molecule is CC(OCC1CCCCO1)C(=O)Oc1ccc(Cl)cc1. The number of carbonyl (C=O) groups excluding carboxylic acids is 1. The van der Waals surface area contributed by atoms with Gasteiger partial charge in [0.25, 0.3) is 0 Å². The highest BCUT2D eigenvalue weighted by molar-refractivity contribution is 6.30. The maximum absolute atomic E-state index is 11.8. The summed E-state index contributed by atoms with van der Waals surface area (Å²) in [5.41, 5.74) is 0. The molecule has 1 aromatic carbocycles. The molecule has 1 saturated heterocycles. The third kappa shape index (κ3) is 4.78. The van der Waals surface area contributed by atoms with E-state index in [9.17, 15) is 4.79 Å². The first-order valence-electron chi connectivity index (χ1n) is 6.85. The molecule has 1 aromatic rings. The second-order valence-electron chi connectivity index (χ2n) is 4.84. The van der Waals surface area contributed by atoms with E-state index >= 15 is 0 Å². The Hall–Kier alpha value is -1.10. The number of ether oxygens (including phenoxy) is 3. The van der Waals surface area contributed by atoms with Crippen LogP contribution in [-0.4, -0.2) is 31.4 Å². The first-order chi connectivity index (χ1) is 9.65. The Labute approximate surface area is 124 Å². The molecular formula is C15H19ClO4. The highest BCUT2D eigenvalue weighted by atomic mass is 35.5. The maximum atomic E-state index is 11.8. The lowest BCUT2D eigenvalue weighted by molar-refractivity contribution is -0.149. The molecule has 2 atom stereocenters. The molecule has 4 nitrogen and oxygen atoms in total. The fraction of sp³-hybridized carbons (Fsp3) is 0.533. The molecular weight excluding hydrogens is 280 g/mol. The maximum Gasteiger partial charge on any atom is 0.340 e. The molecule has 0 bridgehead atoms. The second-order valence-corrected chi connectivity index (χ2v) is 5.28. The molecule has 5 heteroatoms. The molecule has 2 rings (SSSR count). The monoisotopic (exact) mass is 298 g/mol. The number of hydrogen-bond acceptors (Lipinski definition) is 4. The standard InChI is InChI=1S/C15H19ClO4/c1-11(19-10-14-4-2-3-9-18-14)15(17)20-13-7-5-12(16)6-8-13/h5-8,11,14H,2-4,9-10H2,1H3. The van der Waals surface area contributed by atoms with E-state index < -0.39 is 12.1 Å². The molecule has 110 valence electrons. The third-order valence-corrected chi connectivity index (χ3v) is 3.42. The summed E-state index contributed by atoms with van der Waals surface area (Å²) in [6, 6.07) is 6.64. The molecule has 20 heavy (non-hydrogen) atoms. The number of carbonyl (C=O) groups is 1. The zero-order valence-corrected chi connectivity index (χ0v) is 12.3. The smallest absolute Gasteiger partial charge is 0.340 e. The largest absolute Gasteiger partial charge is 0.425 e. The minimum atomic E-state index is -0.615. The van der Waals surface area contributed by atoms with Crippen LogP contribution in [0.3, 0.4) is 0 Å². The van der Waals surface area contributed by atoms with Crippen molar-refractivity contribution in [3.63, 3.8) is 0 Å². The van der Waals surface area contributed by atoms with Gasteiger partial charge in [0.05, 0.1) is 12.7 Å². The summed E-state index contributed by atoms with van der Waals surface area (Å²) in [4.78, 5) is 11.8. The number of hydrogen-bond donors (Lipinski definition) is 0. The predicted octanol–water partition coefficient (Wildman–Crippen LogP) is 3.22. The van der Waals surface area contributed by atoms with Gasteiger partial charge in [0.15, 0.2) is 6.10 Å². The Morgan fingerprint density at radius 1 is 1.40 bits per heavy atom. The molecule has 1 aliphatic rings. The molecule has 1 heterocycles. The van der Waals surface area contributed by atoms with Crippen LogP contribution in [-0.2, 0) is 14.3 Å². The molecule has 0 amide bonds. The average Bonchev–Trinajstić information content (AvgIpc) is 2.48. The first-order valence-corrected chi connectivity index (χ1v) is 7.23. The van der Waals surface area contributed by atoms with Gasteiger partial charge in [-0.15, -0.1) is 0 Å². The van der Waals surface area contributed by atoms with Crippen LogP contribution in [0.5, 0.6) is 5.75 Å². The number of halogens is 1. The minimum Gasteiger partial charge on any atom is -0.425 e. The van der Waals surface area contributed by atoms with Crippen molar-refractivity contribution in [1.29, 1.82) is 0 Å². The zero-order chi connectivity index (χ0) is 14.4. The van der Waals surface area contributed by atoms with E-state index in [0.29, 0.717) is 17.4 Å². The van der Waals surface area contributed by atoms with E-state index in [0.717, 1.165) is 25.9 Å². The van der Waals surface area contributed by atoms with Crippen LogP contribution in [0.2, 0.25) is 5.02 Å². The van der Waals surface area contributed by atoms with Crippen molar-refractivity contribution in [2.45, 2.75) is 38.4 Å². The van der Waals surface area contributed by atoms with Gasteiger partial charge in [-0.3, -0.25) is 0 Å². The van der Waals surface area contributed by atoms with Crippen molar-refractivity contribution in [1.82, 2.24) is 0 Å². The van der Waals surface area contributed by atoms with E-state index in [-0.39, 0.29) is 6.10 Å². The molecule has 1 aliphatic heterocycles. The molecule has 0 aromatic heterocycles. The topological polar surface area (TPSA) is 44.8 Å². The lowest BCUT2D eigenvalue weighted by Gasteiger charge is -2.23.